The van der Waals surface area contributed by atoms with Gasteiger partial charge in [0.05, 0.1) is 0 Å². The van der Waals surface area contributed by atoms with Crippen molar-refractivity contribution in [3.63, 3.8) is 0 Å². The van der Waals surface area contributed by atoms with Gasteiger partial charge in [0.2, 0.25) is 0 Å². The Labute approximate surface area is 99.1 Å². The van der Waals surface area contributed by atoms with Crippen LogP contribution in [0.15, 0.2) is 24.3 Å². The molecule has 1 rings (SSSR count). The summed E-state index contributed by atoms with van der Waals surface area (Å²) >= 11 is 0. The molecule has 92 valence electrons. The third-order valence-corrected chi connectivity index (χ3v) is 2.34. The minimum Gasteiger partial charge on any atom is -0.481 e. The van der Waals surface area contributed by atoms with Gasteiger partial charge in [0, 0.05) is 12.1 Å². The molecule has 0 amide bonds. The van der Waals surface area contributed by atoms with Crippen LogP contribution in [0.25, 0.3) is 0 Å². The van der Waals surface area contributed by atoms with Crippen molar-refractivity contribution in [1.82, 2.24) is 0 Å². The number of anilines is 1. The topological polar surface area (TPSA) is 86.6 Å². The Kier molecular flexibility index (Phi) is 4.51. The van der Waals surface area contributed by atoms with Gasteiger partial charge < -0.3 is 15.5 Å². The van der Waals surface area contributed by atoms with Gasteiger partial charge >= 0.3 is 11.9 Å². The second kappa shape index (κ2) is 5.89. The second-order valence-corrected chi connectivity index (χ2v) is 3.83. The molecule has 0 saturated carbocycles. The van der Waals surface area contributed by atoms with E-state index in [2.05, 4.69) is 5.32 Å². The summed E-state index contributed by atoms with van der Waals surface area (Å²) in [5.41, 5.74) is 1.75. The maximum absolute atomic E-state index is 10.9. The number of aliphatic carboxylic acids is 2. The SMILES string of the molecule is Cc1ccc(N[C@@H](CCC(=O)O)C(=O)O)cc1. The van der Waals surface area contributed by atoms with Crippen molar-refractivity contribution < 1.29 is 19.8 Å². The normalized spacial score (nSPS) is 11.8. The summed E-state index contributed by atoms with van der Waals surface area (Å²) in [7, 11) is 0. The van der Waals surface area contributed by atoms with Gasteiger partial charge in [-0.05, 0) is 25.5 Å². The predicted octanol–water partition coefficient (Wildman–Crippen LogP) is 1.72. The van der Waals surface area contributed by atoms with Crippen molar-refractivity contribution >= 4 is 17.6 Å². The molecule has 17 heavy (non-hydrogen) atoms. The molecular formula is C12H15NO4. The number of benzene rings is 1. The van der Waals surface area contributed by atoms with Crippen LogP contribution in [0.4, 0.5) is 5.69 Å². The number of carboxylic acid groups (broad SMARTS) is 2. The highest BCUT2D eigenvalue weighted by Gasteiger charge is 2.18. The maximum Gasteiger partial charge on any atom is 0.326 e. The van der Waals surface area contributed by atoms with Gasteiger partial charge in [-0.3, -0.25) is 4.79 Å². The van der Waals surface area contributed by atoms with Crippen molar-refractivity contribution in [2.45, 2.75) is 25.8 Å². The average molecular weight is 237 g/mol. The van der Waals surface area contributed by atoms with Crippen molar-refractivity contribution in [3.05, 3.63) is 29.8 Å². The zero-order valence-electron chi connectivity index (χ0n) is 9.51. The Balaban J connectivity index is 2.63. The smallest absolute Gasteiger partial charge is 0.326 e. The van der Waals surface area contributed by atoms with Gasteiger partial charge in [0.15, 0.2) is 0 Å². The minimum atomic E-state index is -1.05. The monoisotopic (exact) mass is 237 g/mol. The lowest BCUT2D eigenvalue weighted by Crippen LogP contribution is -2.29. The molecule has 1 aromatic carbocycles. The highest BCUT2D eigenvalue weighted by molar-refractivity contribution is 5.78. The highest BCUT2D eigenvalue weighted by atomic mass is 16.4. The summed E-state index contributed by atoms with van der Waals surface area (Å²) in [6, 6.07) is 6.38. The molecule has 3 N–H and O–H groups in total. The largest absolute Gasteiger partial charge is 0.481 e. The molecule has 5 heteroatoms. The number of hydrogen-bond acceptors (Lipinski definition) is 3. The quantitative estimate of drug-likeness (QED) is 0.701. The van der Waals surface area contributed by atoms with Crippen molar-refractivity contribution in [2.24, 2.45) is 0 Å². The summed E-state index contributed by atoms with van der Waals surface area (Å²) in [5, 5.41) is 20.3. The highest BCUT2D eigenvalue weighted by Crippen LogP contribution is 2.12. The fraction of sp³-hybridized carbons (Fsp3) is 0.333. The van der Waals surface area contributed by atoms with Crippen molar-refractivity contribution in [2.75, 3.05) is 5.32 Å². The van der Waals surface area contributed by atoms with Crippen molar-refractivity contribution in [1.29, 1.82) is 0 Å². The van der Waals surface area contributed by atoms with Gasteiger partial charge in [-0.15, -0.1) is 0 Å². The number of carbonyl (C=O) groups is 2. The third kappa shape index (κ3) is 4.55. The Bertz CT molecular complexity index is 399. The van der Waals surface area contributed by atoms with Crippen LogP contribution < -0.4 is 5.32 Å². The van der Waals surface area contributed by atoms with Gasteiger partial charge in [-0.25, -0.2) is 4.79 Å². The Morgan fingerprint density at radius 1 is 1.24 bits per heavy atom. The lowest BCUT2D eigenvalue weighted by atomic mass is 10.1. The number of aryl methyl sites for hydroxylation is 1. The van der Waals surface area contributed by atoms with Crippen LogP contribution in [0, 0.1) is 6.92 Å². The van der Waals surface area contributed by atoms with Crippen LogP contribution in [-0.2, 0) is 9.59 Å². The first kappa shape index (κ1) is 13.0. The van der Waals surface area contributed by atoms with Gasteiger partial charge in [-0.1, -0.05) is 17.7 Å². The number of carboxylic acids is 2. The van der Waals surface area contributed by atoms with E-state index >= 15 is 0 Å². The first-order valence-corrected chi connectivity index (χ1v) is 5.27. The van der Waals surface area contributed by atoms with Gasteiger partial charge in [-0.2, -0.15) is 0 Å². The van der Waals surface area contributed by atoms with Crippen LogP contribution >= 0.6 is 0 Å². The Hall–Kier alpha value is -2.04. The molecule has 0 aliphatic heterocycles. The molecular weight excluding hydrogens is 222 g/mol. The van der Waals surface area contributed by atoms with Gasteiger partial charge in [0.1, 0.15) is 6.04 Å². The van der Waals surface area contributed by atoms with Crippen LogP contribution in [0.3, 0.4) is 0 Å². The molecule has 0 saturated heterocycles. The molecule has 0 heterocycles. The van der Waals surface area contributed by atoms with Crippen LogP contribution in [-0.4, -0.2) is 28.2 Å². The summed E-state index contributed by atoms with van der Waals surface area (Å²) in [4.78, 5) is 21.3. The molecule has 1 atom stereocenters. The molecule has 0 bridgehead atoms. The third-order valence-electron chi connectivity index (χ3n) is 2.34. The van der Waals surface area contributed by atoms with E-state index in [4.69, 9.17) is 10.2 Å². The Morgan fingerprint density at radius 2 is 1.82 bits per heavy atom. The Morgan fingerprint density at radius 3 is 2.29 bits per heavy atom. The average Bonchev–Trinajstić information content (AvgIpc) is 2.26. The second-order valence-electron chi connectivity index (χ2n) is 3.83. The molecule has 0 radical (unpaired) electrons. The molecule has 0 aliphatic carbocycles. The molecule has 1 aromatic rings. The van der Waals surface area contributed by atoms with E-state index in [1.54, 1.807) is 12.1 Å². The molecule has 0 spiro atoms. The zero-order chi connectivity index (χ0) is 12.8. The summed E-state index contributed by atoms with van der Waals surface area (Å²) in [6.45, 7) is 1.93. The van der Waals surface area contributed by atoms with E-state index in [0.29, 0.717) is 5.69 Å². The van der Waals surface area contributed by atoms with E-state index in [-0.39, 0.29) is 12.8 Å². The van der Waals surface area contributed by atoms with E-state index in [0.717, 1.165) is 5.56 Å². The van der Waals surface area contributed by atoms with Crippen LogP contribution in [0.2, 0.25) is 0 Å². The number of rotatable bonds is 6. The molecule has 0 fully saturated rings. The summed E-state index contributed by atoms with van der Waals surface area (Å²) in [5.74, 6) is -2.05. The van der Waals surface area contributed by atoms with Gasteiger partial charge in [0.25, 0.3) is 0 Å². The van der Waals surface area contributed by atoms with Crippen LogP contribution in [0.5, 0.6) is 0 Å². The zero-order valence-corrected chi connectivity index (χ0v) is 9.51. The van der Waals surface area contributed by atoms with E-state index in [1.807, 2.05) is 19.1 Å². The fourth-order valence-electron chi connectivity index (χ4n) is 1.38. The molecule has 0 aromatic heterocycles. The van der Waals surface area contributed by atoms with E-state index in [9.17, 15) is 9.59 Å². The summed E-state index contributed by atoms with van der Waals surface area (Å²) < 4.78 is 0. The first-order chi connectivity index (χ1) is 7.99. The van der Waals surface area contributed by atoms with E-state index < -0.39 is 18.0 Å². The standard InChI is InChI=1S/C12H15NO4/c1-8-2-4-9(5-3-8)13-10(12(16)17)6-7-11(14)15/h2-5,10,13H,6-7H2,1H3,(H,14,15)(H,16,17)/t10-/m0/s1. The van der Waals surface area contributed by atoms with Crippen molar-refractivity contribution in [3.8, 4) is 0 Å². The molecule has 5 nitrogen and oxygen atoms in total. The molecule has 0 unspecified atom stereocenters. The first-order valence-electron chi connectivity index (χ1n) is 5.27. The molecule has 0 aliphatic rings. The van der Waals surface area contributed by atoms with E-state index in [1.165, 1.54) is 0 Å². The lowest BCUT2D eigenvalue weighted by Gasteiger charge is -2.14. The predicted molar refractivity (Wildman–Crippen MR) is 63.1 cm³/mol. The van der Waals surface area contributed by atoms with Crippen LogP contribution in [0.1, 0.15) is 18.4 Å². The minimum absolute atomic E-state index is 0.0541. The lowest BCUT2D eigenvalue weighted by molar-refractivity contribution is -0.139. The number of nitrogens with one attached hydrogen (secondary N) is 1. The number of hydrogen-bond donors (Lipinski definition) is 3. The fourth-order valence-corrected chi connectivity index (χ4v) is 1.38. The maximum atomic E-state index is 10.9. The summed E-state index contributed by atoms with van der Waals surface area (Å²) in [6.07, 6.45) is -0.117.